The number of anilines is 1. The van der Waals surface area contributed by atoms with Gasteiger partial charge in [0.1, 0.15) is 18.3 Å². The molecule has 26 heteroatoms. The predicted octanol–water partition coefficient (Wildman–Crippen LogP) is -16.2. The molecule has 0 spiro atoms. The Kier molecular flexibility index (Phi) is 16.4. The predicted molar refractivity (Wildman–Crippen MR) is 94.2 cm³/mol. The normalized spacial score (nSPS) is 24.5. The molecule has 0 radical (unpaired) electrons. The number of nitrogen functional groups attached to an aromatic ring is 1. The molecule has 1 aliphatic rings. The van der Waals surface area contributed by atoms with Crippen molar-refractivity contribution in [3.8, 4) is 0 Å². The number of H-pyrrole nitrogens is 1. The first-order valence-electron chi connectivity index (χ1n) is 8.42. The summed E-state index contributed by atoms with van der Waals surface area (Å²) in [5.74, 6) is -0.254. The fourth-order valence-corrected chi connectivity index (χ4v) is 5.78. The molecule has 37 heavy (non-hydrogen) atoms. The monoisotopic (exact) mass is 561 g/mol. The molecule has 3 heterocycles. The summed E-state index contributed by atoms with van der Waals surface area (Å²) in [6.45, 7) is -1.05. The number of phosphoric ester groups is 1. The van der Waals surface area contributed by atoms with E-state index < -0.39 is 60.2 Å². The summed E-state index contributed by atoms with van der Waals surface area (Å²) >= 11 is 0. The van der Waals surface area contributed by atoms with E-state index in [4.69, 9.17) is 15.2 Å². The van der Waals surface area contributed by atoms with E-state index in [-0.39, 0.29) is 92.6 Å². The van der Waals surface area contributed by atoms with Gasteiger partial charge in [-0.05, 0) is 0 Å². The SMILES string of the molecule is CO[C@@H]1[C@H](O)[C@@H](COP(=O)([O-])OP(=O)([O-])OP(=O)([O-])[O-])O[C@H]1n1cnc2c(=O)[nH]c(N)nc21.[Li+].[Li+].[Li+].[Li+]. The van der Waals surface area contributed by atoms with Gasteiger partial charge in [-0.1, -0.05) is 0 Å². The summed E-state index contributed by atoms with van der Waals surface area (Å²) < 4.78 is 55.9. The Labute approximate surface area is 255 Å². The largest absolute Gasteiger partial charge is 1.00 e. The van der Waals surface area contributed by atoms with Crippen LogP contribution in [0.5, 0.6) is 0 Å². The van der Waals surface area contributed by atoms with Crippen LogP contribution >= 0.6 is 23.5 Å². The average molecular weight is 561 g/mol. The van der Waals surface area contributed by atoms with E-state index >= 15 is 0 Å². The second-order valence-electron chi connectivity index (χ2n) is 6.33. The summed E-state index contributed by atoms with van der Waals surface area (Å²) in [6, 6.07) is 0. The van der Waals surface area contributed by atoms with Gasteiger partial charge in [-0.25, -0.2) is 9.29 Å². The molecule has 0 bridgehead atoms. The standard InChI is InChI=1S/C11H18N5O14P3.4Li/c1-26-7-6(17)4(2-27-32(22,23)30-33(24,25)29-31(19,20)21)28-10(7)16-3-13-5-8(16)14-11(12)15-9(5)18;;;;/h3-4,6-7,10,17H,2H2,1H3,(H,22,23)(H,24,25)(H2,19,20,21)(H3,12,14,15,18);;;;/q;4*+1/p-4/t4-,6-,7-,10-;;;;/m1..../s1. The molecule has 1 saturated heterocycles. The molecule has 2 aromatic rings. The van der Waals surface area contributed by atoms with E-state index in [2.05, 4.69) is 28.1 Å². The molecule has 1 aliphatic heterocycles. The number of methoxy groups -OCH3 is 1. The van der Waals surface area contributed by atoms with Crippen LogP contribution < -0.4 is 106 Å². The number of aliphatic hydroxyl groups excluding tert-OH is 1. The molecule has 4 N–H and O–H groups in total. The van der Waals surface area contributed by atoms with Crippen LogP contribution in [0.15, 0.2) is 11.1 Å². The fraction of sp³-hybridized carbons (Fsp3) is 0.545. The minimum Gasteiger partial charge on any atom is -0.790 e. The van der Waals surface area contributed by atoms with Crippen LogP contribution in [0.2, 0.25) is 0 Å². The molecule has 0 aromatic carbocycles. The maximum atomic E-state index is 11.9. The van der Waals surface area contributed by atoms with E-state index in [0.717, 1.165) is 6.33 Å². The van der Waals surface area contributed by atoms with Crippen molar-refractivity contribution in [3.63, 3.8) is 0 Å². The molecule has 0 saturated carbocycles. The zero-order valence-corrected chi connectivity index (χ0v) is 22.8. The molecule has 3 rings (SSSR count). The minimum atomic E-state index is -6.15. The van der Waals surface area contributed by atoms with Crippen LogP contribution in [-0.4, -0.2) is 56.7 Å². The quantitative estimate of drug-likeness (QED) is 0.189. The maximum absolute atomic E-state index is 11.9. The fourth-order valence-electron chi connectivity index (χ4n) is 2.91. The Balaban J connectivity index is 0. The molecule has 2 aromatic heterocycles. The number of phosphoric acid groups is 3. The van der Waals surface area contributed by atoms with Gasteiger partial charge in [-0.15, -0.1) is 0 Å². The van der Waals surface area contributed by atoms with Gasteiger partial charge in [0.2, 0.25) is 5.95 Å². The Morgan fingerprint density at radius 1 is 1.14 bits per heavy atom. The van der Waals surface area contributed by atoms with Crippen LogP contribution in [0.4, 0.5) is 5.95 Å². The second-order valence-corrected chi connectivity index (χ2v) is 10.6. The van der Waals surface area contributed by atoms with Crippen LogP contribution in [0.1, 0.15) is 6.23 Å². The van der Waals surface area contributed by atoms with E-state index in [0.29, 0.717) is 0 Å². The average Bonchev–Trinajstić information content (AvgIpc) is 3.17. The van der Waals surface area contributed by atoms with Gasteiger partial charge in [0, 0.05) is 7.11 Å². The number of aromatic amines is 1. The molecular formula is C11H14Li4N5O14P3. The molecule has 0 aliphatic carbocycles. The van der Waals surface area contributed by atoms with Gasteiger partial charge >= 0.3 is 75.4 Å². The first kappa shape index (κ1) is 40.0. The number of nitrogens with zero attached hydrogens (tertiary/aromatic N) is 3. The van der Waals surface area contributed by atoms with E-state index in [1.165, 1.54) is 11.7 Å². The number of rotatable bonds is 9. The molecular weight excluding hydrogens is 547 g/mol. The Morgan fingerprint density at radius 3 is 2.27 bits per heavy atom. The number of imidazole rings is 1. The van der Waals surface area contributed by atoms with Gasteiger partial charge in [0.25, 0.3) is 21.2 Å². The minimum absolute atomic E-state index is 0. The van der Waals surface area contributed by atoms with E-state index in [9.17, 15) is 43.2 Å². The van der Waals surface area contributed by atoms with Gasteiger partial charge in [-0.3, -0.25) is 27.8 Å². The number of aromatic nitrogens is 4. The first-order valence-corrected chi connectivity index (χ1v) is 12.8. The van der Waals surface area contributed by atoms with Crippen molar-refractivity contribution in [1.29, 1.82) is 0 Å². The third-order valence-electron chi connectivity index (χ3n) is 4.11. The van der Waals surface area contributed by atoms with E-state index in [1.807, 2.05) is 0 Å². The van der Waals surface area contributed by atoms with Crippen LogP contribution in [0, 0.1) is 0 Å². The van der Waals surface area contributed by atoms with Crippen LogP contribution in [0.25, 0.3) is 11.2 Å². The first-order chi connectivity index (χ1) is 15.1. The number of ether oxygens (including phenoxy) is 2. The second kappa shape index (κ2) is 15.2. The summed E-state index contributed by atoms with van der Waals surface area (Å²) in [7, 11) is -16.9. The summed E-state index contributed by atoms with van der Waals surface area (Å²) in [5.41, 5.74) is 4.66. The molecule has 2 unspecified atom stereocenters. The third kappa shape index (κ3) is 10.3. The van der Waals surface area contributed by atoms with Crippen molar-refractivity contribution >= 4 is 40.6 Å². The Hall–Kier alpha value is 0.830. The van der Waals surface area contributed by atoms with Crippen LogP contribution in [0.3, 0.4) is 0 Å². The summed E-state index contributed by atoms with van der Waals surface area (Å²) in [5, 5.41) is 10.4. The Bertz CT molecular complexity index is 1240. The topological polar surface area (TPSA) is 299 Å². The van der Waals surface area contributed by atoms with Gasteiger partial charge < -0.3 is 49.0 Å². The number of hydrogen-bond acceptors (Lipinski definition) is 17. The number of aliphatic hydroxyl groups is 1. The van der Waals surface area contributed by atoms with Crippen molar-refractivity contribution in [3.05, 3.63) is 16.7 Å². The summed E-state index contributed by atoms with van der Waals surface area (Å²) in [4.78, 5) is 65.6. The zero-order chi connectivity index (χ0) is 24.8. The van der Waals surface area contributed by atoms with Gasteiger partial charge in [-0.2, -0.15) is 4.98 Å². The molecule has 1 fully saturated rings. The molecule has 6 atom stereocenters. The summed E-state index contributed by atoms with van der Waals surface area (Å²) in [6.07, 6.45) is -4.36. The smallest absolute Gasteiger partial charge is 0.790 e. The van der Waals surface area contributed by atoms with Crippen molar-refractivity contribution in [2.24, 2.45) is 0 Å². The molecule has 186 valence electrons. The number of nitrogens with two attached hydrogens (primary N) is 1. The van der Waals surface area contributed by atoms with Gasteiger partial charge in [0.05, 0.1) is 20.8 Å². The van der Waals surface area contributed by atoms with Crippen molar-refractivity contribution < 1.29 is 136 Å². The number of fused-ring (bicyclic) bond motifs is 1. The maximum Gasteiger partial charge on any atom is 1.00 e. The number of hydrogen-bond donors (Lipinski definition) is 3. The zero-order valence-electron chi connectivity index (χ0n) is 20.1. The third-order valence-corrected chi connectivity index (χ3v) is 7.77. The van der Waals surface area contributed by atoms with Gasteiger partial charge in [0.15, 0.2) is 17.4 Å². The molecule has 19 nitrogen and oxygen atoms in total. The Morgan fingerprint density at radius 2 is 1.73 bits per heavy atom. The number of nitrogens with one attached hydrogen (secondary N) is 1. The van der Waals surface area contributed by atoms with E-state index in [1.54, 1.807) is 0 Å². The molecule has 0 amide bonds. The van der Waals surface area contributed by atoms with Crippen molar-refractivity contribution in [2.75, 3.05) is 19.5 Å². The van der Waals surface area contributed by atoms with Crippen LogP contribution in [-0.2, 0) is 36.3 Å². The van der Waals surface area contributed by atoms with Crippen molar-refractivity contribution in [1.82, 2.24) is 19.5 Å². The van der Waals surface area contributed by atoms with Crippen molar-refractivity contribution in [2.45, 2.75) is 24.5 Å².